The Morgan fingerprint density at radius 3 is 2.25 bits per heavy atom. The highest BCUT2D eigenvalue weighted by molar-refractivity contribution is 6.40. The van der Waals surface area contributed by atoms with Gasteiger partial charge in [-0.25, -0.2) is 0 Å². The van der Waals surface area contributed by atoms with Crippen LogP contribution in [0.2, 0.25) is 10.0 Å². The van der Waals surface area contributed by atoms with Crippen LogP contribution in [0.3, 0.4) is 0 Å². The molecule has 0 spiro atoms. The number of carbonyl (C=O) groups excluding carboxylic acids is 1. The van der Waals surface area contributed by atoms with Gasteiger partial charge >= 0.3 is 0 Å². The van der Waals surface area contributed by atoms with E-state index in [0.29, 0.717) is 28.0 Å². The Balaban J connectivity index is 1.29. The van der Waals surface area contributed by atoms with Crippen LogP contribution in [0, 0.1) is 0 Å². The highest BCUT2D eigenvalue weighted by Gasteiger charge is 2.31. The number of anilines is 5. The van der Waals surface area contributed by atoms with Crippen LogP contribution in [0.25, 0.3) is 0 Å². The molecule has 2 aliphatic rings. The number of hydrogen-bond donors (Lipinski definition) is 2. The van der Waals surface area contributed by atoms with Gasteiger partial charge in [-0.2, -0.15) is 0 Å². The van der Waals surface area contributed by atoms with Gasteiger partial charge < -0.3 is 20.2 Å². The van der Waals surface area contributed by atoms with Gasteiger partial charge in [-0.15, -0.1) is 0 Å². The van der Waals surface area contributed by atoms with Crippen molar-refractivity contribution in [3.05, 3.63) is 76.3 Å². The fourth-order valence-corrected chi connectivity index (χ4v) is 5.42. The first kappa shape index (κ1) is 24.7. The predicted molar refractivity (Wildman–Crippen MR) is 148 cm³/mol. The average Bonchev–Trinajstić information content (AvgIpc) is 2.88. The third-order valence-corrected chi connectivity index (χ3v) is 7.37. The van der Waals surface area contributed by atoms with E-state index < -0.39 is 0 Å². The summed E-state index contributed by atoms with van der Waals surface area (Å²) in [5, 5.41) is 13.5. The molecule has 9 heteroatoms. The molecule has 3 aromatic rings. The van der Waals surface area contributed by atoms with Gasteiger partial charge in [0, 0.05) is 56.8 Å². The number of nitrogens with zero attached hydrogens (tertiary/aromatic N) is 4. The summed E-state index contributed by atoms with van der Waals surface area (Å²) in [5.41, 5.74) is 5.05. The minimum Gasteiger partial charge on any atom is -0.395 e. The zero-order valence-corrected chi connectivity index (χ0v) is 21.6. The van der Waals surface area contributed by atoms with Crippen LogP contribution < -0.4 is 20.0 Å². The maximum Gasteiger partial charge on any atom is 0.261 e. The molecule has 36 heavy (non-hydrogen) atoms. The fraction of sp³-hybridized carbons (Fsp3) is 0.296. The number of nitrogens with one attached hydrogen (secondary N) is 1. The summed E-state index contributed by atoms with van der Waals surface area (Å²) in [6.07, 6.45) is 0. The molecule has 0 unspecified atom stereocenters. The van der Waals surface area contributed by atoms with Crippen LogP contribution in [-0.4, -0.2) is 69.0 Å². The van der Waals surface area contributed by atoms with E-state index in [0.717, 1.165) is 49.8 Å². The SMILES string of the molecule is CN1CN(c2c(Cl)cccc2Cl)C(=O)c2ccc(Nc3ccc(N4CCN(CCO)CC4)cc3)cc21. The number of halogens is 2. The molecule has 0 bridgehead atoms. The Morgan fingerprint density at radius 2 is 1.58 bits per heavy atom. The van der Waals surface area contributed by atoms with E-state index in [9.17, 15) is 4.79 Å². The lowest BCUT2D eigenvalue weighted by molar-refractivity contribution is 0.0983. The Kier molecular flexibility index (Phi) is 7.25. The van der Waals surface area contributed by atoms with Gasteiger partial charge in [0.15, 0.2) is 0 Å². The molecule has 0 aromatic heterocycles. The van der Waals surface area contributed by atoms with Crippen LogP contribution in [0.4, 0.5) is 28.4 Å². The second-order valence-electron chi connectivity index (χ2n) is 9.10. The van der Waals surface area contributed by atoms with Gasteiger partial charge in [-0.05, 0) is 54.6 Å². The maximum absolute atomic E-state index is 13.3. The van der Waals surface area contributed by atoms with Gasteiger partial charge in [0.25, 0.3) is 5.91 Å². The second-order valence-corrected chi connectivity index (χ2v) is 9.91. The third-order valence-electron chi connectivity index (χ3n) is 6.76. The molecule has 0 atom stereocenters. The van der Waals surface area contributed by atoms with Crippen molar-refractivity contribution >= 4 is 57.5 Å². The number of piperazine rings is 1. The topological polar surface area (TPSA) is 62.3 Å². The Morgan fingerprint density at radius 1 is 0.917 bits per heavy atom. The molecule has 5 rings (SSSR count). The first-order valence-corrected chi connectivity index (χ1v) is 12.8. The van der Waals surface area contributed by atoms with E-state index in [4.69, 9.17) is 28.3 Å². The lowest BCUT2D eigenvalue weighted by atomic mass is 10.1. The minimum absolute atomic E-state index is 0.131. The smallest absolute Gasteiger partial charge is 0.261 e. The first-order valence-electron chi connectivity index (χ1n) is 12.0. The van der Waals surface area contributed by atoms with Crippen LogP contribution in [-0.2, 0) is 0 Å². The van der Waals surface area contributed by atoms with E-state index in [-0.39, 0.29) is 12.5 Å². The molecule has 1 saturated heterocycles. The van der Waals surface area contributed by atoms with E-state index in [1.165, 1.54) is 5.69 Å². The van der Waals surface area contributed by atoms with Crippen molar-refractivity contribution in [2.24, 2.45) is 0 Å². The van der Waals surface area contributed by atoms with Gasteiger partial charge in [-0.3, -0.25) is 14.6 Å². The summed E-state index contributed by atoms with van der Waals surface area (Å²) in [5.74, 6) is -0.131. The number of aliphatic hydroxyl groups excluding tert-OH is 1. The summed E-state index contributed by atoms with van der Waals surface area (Å²) in [7, 11) is 1.95. The lowest BCUT2D eigenvalue weighted by Gasteiger charge is -2.36. The molecule has 0 aliphatic carbocycles. The standard InChI is InChI=1S/C27H29Cl2N5O2/c1-31-18-34(26-23(28)3-2-4-24(26)29)27(36)22-10-7-20(17-25(22)31)30-19-5-8-21(9-6-19)33-13-11-32(12-14-33)15-16-35/h2-10,17,30,35H,11-16,18H2,1H3. The molecular formula is C27H29Cl2N5O2. The second kappa shape index (κ2) is 10.6. The fourth-order valence-electron chi connectivity index (χ4n) is 4.82. The van der Waals surface area contributed by atoms with E-state index in [2.05, 4.69) is 39.4 Å². The molecule has 2 N–H and O–H groups in total. The first-order chi connectivity index (χ1) is 17.4. The molecule has 1 fully saturated rings. The molecule has 0 saturated carbocycles. The molecule has 2 heterocycles. The average molecular weight is 526 g/mol. The van der Waals surface area contributed by atoms with Crippen molar-refractivity contribution in [1.29, 1.82) is 0 Å². The Labute approximate surface area is 221 Å². The Bertz CT molecular complexity index is 1230. The summed E-state index contributed by atoms with van der Waals surface area (Å²) in [4.78, 5) is 21.6. The number of amides is 1. The number of aliphatic hydroxyl groups is 1. The molecule has 1 amide bonds. The van der Waals surface area contributed by atoms with Crippen molar-refractivity contribution in [3.8, 4) is 0 Å². The highest BCUT2D eigenvalue weighted by Crippen LogP contribution is 2.39. The number of para-hydroxylation sites is 1. The highest BCUT2D eigenvalue weighted by atomic mass is 35.5. The van der Waals surface area contributed by atoms with Crippen LogP contribution in [0.15, 0.2) is 60.7 Å². The zero-order chi connectivity index (χ0) is 25.2. The molecule has 188 valence electrons. The van der Waals surface area contributed by atoms with Crippen molar-refractivity contribution in [2.45, 2.75) is 0 Å². The maximum atomic E-state index is 13.3. The van der Waals surface area contributed by atoms with Gasteiger partial charge in [0.1, 0.15) is 0 Å². The van der Waals surface area contributed by atoms with Gasteiger partial charge in [-0.1, -0.05) is 29.3 Å². The van der Waals surface area contributed by atoms with Gasteiger partial charge in [0.2, 0.25) is 0 Å². The quantitative estimate of drug-likeness (QED) is 0.477. The summed E-state index contributed by atoms with van der Waals surface area (Å²) >= 11 is 12.8. The van der Waals surface area contributed by atoms with E-state index >= 15 is 0 Å². The predicted octanol–water partition coefficient (Wildman–Crippen LogP) is 4.91. The molecular weight excluding hydrogens is 497 g/mol. The zero-order valence-electron chi connectivity index (χ0n) is 20.1. The van der Waals surface area contributed by atoms with Crippen molar-refractivity contribution in [2.75, 3.05) is 73.1 Å². The Hall–Kier alpha value is -2.97. The van der Waals surface area contributed by atoms with E-state index in [1.807, 2.05) is 30.1 Å². The van der Waals surface area contributed by atoms with Crippen LogP contribution in [0.1, 0.15) is 10.4 Å². The van der Waals surface area contributed by atoms with Gasteiger partial charge in [0.05, 0.1) is 40.3 Å². The number of fused-ring (bicyclic) bond motifs is 1. The molecule has 7 nitrogen and oxygen atoms in total. The summed E-state index contributed by atoms with van der Waals surface area (Å²) in [6.45, 7) is 5.12. The minimum atomic E-state index is -0.131. The largest absolute Gasteiger partial charge is 0.395 e. The molecule has 3 aromatic carbocycles. The van der Waals surface area contributed by atoms with E-state index in [1.54, 1.807) is 23.1 Å². The van der Waals surface area contributed by atoms with Crippen molar-refractivity contribution in [1.82, 2.24) is 4.90 Å². The van der Waals surface area contributed by atoms with Crippen molar-refractivity contribution in [3.63, 3.8) is 0 Å². The third kappa shape index (κ3) is 4.97. The lowest BCUT2D eigenvalue weighted by Crippen LogP contribution is -2.47. The number of rotatable bonds is 6. The van der Waals surface area contributed by atoms with Crippen LogP contribution >= 0.6 is 23.2 Å². The number of benzene rings is 3. The summed E-state index contributed by atoms with van der Waals surface area (Å²) in [6, 6.07) is 19.4. The normalized spacial score (nSPS) is 16.3. The molecule has 2 aliphatic heterocycles. The van der Waals surface area contributed by atoms with Crippen LogP contribution in [0.5, 0.6) is 0 Å². The molecule has 0 radical (unpaired) electrons. The number of β-amino-alcohol motifs (C(OH)–C–C–N with tert-alkyl or cyclic N) is 1. The number of hydrogen-bond acceptors (Lipinski definition) is 6. The monoisotopic (exact) mass is 525 g/mol. The summed E-state index contributed by atoms with van der Waals surface area (Å²) < 4.78 is 0. The van der Waals surface area contributed by atoms with Crippen molar-refractivity contribution < 1.29 is 9.90 Å². The number of carbonyl (C=O) groups is 1.